The summed E-state index contributed by atoms with van der Waals surface area (Å²) in [5.74, 6) is 0.474. The summed E-state index contributed by atoms with van der Waals surface area (Å²) in [5.41, 5.74) is -0.465. The molecular formula is C24H31F3N4O3. The van der Waals surface area contributed by atoms with Crippen LogP contribution in [-0.2, 0) is 10.9 Å². The highest BCUT2D eigenvalue weighted by Gasteiger charge is 2.32. The lowest BCUT2D eigenvalue weighted by Crippen LogP contribution is -2.48. The molecule has 2 atom stereocenters. The zero-order valence-electron chi connectivity index (χ0n) is 19.7. The molecule has 4 rings (SSSR count). The first-order valence-corrected chi connectivity index (χ1v) is 11.6. The molecule has 1 amide bonds. The van der Waals surface area contributed by atoms with E-state index in [1.165, 1.54) is 30.1 Å². The van der Waals surface area contributed by atoms with Gasteiger partial charge < -0.3 is 14.4 Å². The molecule has 2 fully saturated rings. The van der Waals surface area contributed by atoms with Crippen LogP contribution in [0.3, 0.4) is 0 Å². The predicted molar refractivity (Wildman–Crippen MR) is 120 cm³/mol. The molecule has 0 N–H and O–H groups in total. The number of hydrogen-bond acceptors (Lipinski definition) is 5. The Balaban J connectivity index is 1.41. The number of nitrogens with zero attached hydrogens (tertiary/aromatic N) is 4. The quantitative estimate of drug-likeness (QED) is 0.651. The molecule has 0 radical (unpaired) electrons. The van der Waals surface area contributed by atoms with Crippen LogP contribution in [0.15, 0.2) is 30.5 Å². The van der Waals surface area contributed by atoms with E-state index in [0.717, 1.165) is 44.6 Å². The molecular weight excluding hydrogens is 449 g/mol. The first-order chi connectivity index (χ1) is 16.1. The maximum atomic E-state index is 13.2. The first-order valence-electron chi connectivity index (χ1n) is 11.6. The molecule has 2 saturated heterocycles. The van der Waals surface area contributed by atoms with E-state index in [2.05, 4.69) is 23.8 Å². The molecule has 34 heavy (non-hydrogen) atoms. The van der Waals surface area contributed by atoms with Crippen LogP contribution in [0.25, 0.3) is 5.69 Å². The van der Waals surface area contributed by atoms with Gasteiger partial charge in [0.25, 0.3) is 5.91 Å². The Labute approximate surface area is 197 Å². The number of benzene rings is 1. The van der Waals surface area contributed by atoms with Crippen molar-refractivity contribution in [3.63, 3.8) is 0 Å². The largest absolute Gasteiger partial charge is 0.493 e. The number of morpholine rings is 1. The number of alkyl halides is 3. The molecule has 0 spiro atoms. The maximum Gasteiger partial charge on any atom is 0.416 e. The van der Waals surface area contributed by atoms with Crippen molar-refractivity contribution in [2.24, 2.45) is 5.92 Å². The van der Waals surface area contributed by atoms with Crippen molar-refractivity contribution in [2.75, 3.05) is 39.8 Å². The van der Waals surface area contributed by atoms with E-state index < -0.39 is 11.7 Å². The smallest absolute Gasteiger partial charge is 0.416 e. The number of carbonyl (C=O) groups is 1. The standard InChI is InChI=1S/C24H31F3N4O3/c1-16-12-29(13-17(2)34-16)14-18-7-9-30(10-8-18)23(32)22-21(33-3)15-31(28-22)20-6-4-5-19(11-20)24(25,26)27/h4-6,11,15-18H,7-10,12-14H2,1-3H3. The number of rotatable bonds is 5. The summed E-state index contributed by atoms with van der Waals surface area (Å²) in [6.45, 7) is 8.25. The normalized spacial score (nSPS) is 22.7. The van der Waals surface area contributed by atoms with Crippen LogP contribution in [0.2, 0.25) is 0 Å². The van der Waals surface area contributed by atoms with Gasteiger partial charge in [-0.3, -0.25) is 9.69 Å². The SMILES string of the molecule is COc1cn(-c2cccc(C(F)(F)F)c2)nc1C(=O)N1CCC(CN2CC(C)OC(C)C2)CC1. The Morgan fingerprint density at radius 2 is 1.85 bits per heavy atom. The maximum absolute atomic E-state index is 13.2. The average Bonchev–Trinajstić information content (AvgIpc) is 3.22. The molecule has 0 bridgehead atoms. The third-order valence-corrected chi connectivity index (χ3v) is 6.45. The lowest BCUT2D eigenvalue weighted by molar-refractivity contribution is -0.137. The van der Waals surface area contributed by atoms with Gasteiger partial charge in [-0.25, -0.2) is 4.68 Å². The average molecular weight is 481 g/mol. The Hall–Kier alpha value is -2.59. The summed E-state index contributed by atoms with van der Waals surface area (Å²) in [5, 5.41) is 4.29. The molecule has 2 aliphatic rings. The Kier molecular flexibility index (Phi) is 7.18. The van der Waals surface area contributed by atoms with Gasteiger partial charge in [0.05, 0.1) is 36.8 Å². The van der Waals surface area contributed by atoms with E-state index in [0.29, 0.717) is 19.0 Å². The second-order valence-electron chi connectivity index (χ2n) is 9.25. The number of carbonyl (C=O) groups excluding carboxylic acids is 1. The van der Waals surface area contributed by atoms with Crippen LogP contribution < -0.4 is 4.74 Å². The van der Waals surface area contributed by atoms with Gasteiger partial charge in [-0.1, -0.05) is 6.07 Å². The zero-order valence-corrected chi connectivity index (χ0v) is 19.7. The molecule has 0 aliphatic carbocycles. The van der Waals surface area contributed by atoms with Gasteiger partial charge in [0, 0.05) is 32.7 Å². The summed E-state index contributed by atoms with van der Waals surface area (Å²) in [6, 6.07) is 4.82. The zero-order chi connectivity index (χ0) is 24.5. The number of ether oxygens (including phenoxy) is 2. The first kappa shape index (κ1) is 24.5. The molecule has 2 unspecified atom stereocenters. The number of methoxy groups -OCH3 is 1. The van der Waals surface area contributed by atoms with Gasteiger partial charge in [-0.15, -0.1) is 0 Å². The summed E-state index contributed by atoms with van der Waals surface area (Å²) >= 11 is 0. The van der Waals surface area contributed by atoms with E-state index in [1.54, 1.807) is 4.90 Å². The molecule has 7 nitrogen and oxygen atoms in total. The fourth-order valence-electron chi connectivity index (χ4n) is 4.88. The molecule has 1 aromatic carbocycles. The van der Waals surface area contributed by atoms with Crippen LogP contribution in [0, 0.1) is 5.92 Å². The fourth-order valence-corrected chi connectivity index (χ4v) is 4.88. The Morgan fingerprint density at radius 3 is 2.47 bits per heavy atom. The summed E-state index contributed by atoms with van der Waals surface area (Å²) in [6.07, 6.45) is -0.788. The number of likely N-dealkylation sites (tertiary alicyclic amines) is 1. The number of piperidine rings is 1. The van der Waals surface area contributed by atoms with Gasteiger partial charge in [-0.2, -0.15) is 18.3 Å². The van der Waals surface area contributed by atoms with Crippen molar-refractivity contribution in [2.45, 2.75) is 45.1 Å². The van der Waals surface area contributed by atoms with Crippen molar-refractivity contribution in [3.05, 3.63) is 41.7 Å². The predicted octanol–water partition coefficient (Wildman–Crippen LogP) is 3.86. The second-order valence-corrected chi connectivity index (χ2v) is 9.25. The number of aromatic nitrogens is 2. The highest BCUT2D eigenvalue weighted by Crippen LogP contribution is 2.31. The summed E-state index contributed by atoms with van der Waals surface area (Å²) in [4.78, 5) is 17.4. The van der Waals surface area contributed by atoms with E-state index in [4.69, 9.17) is 9.47 Å². The van der Waals surface area contributed by atoms with Gasteiger partial charge in [0.1, 0.15) is 0 Å². The minimum absolute atomic E-state index is 0.106. The summed E-state index contributed by atoms with van der Waals surface area (Å²) < 4.78 is 51.7. The summed E-state index contributed by atoms with van der Waals surface area (Å²) in [7, 11) is 1.42. The number of amides is 1. The van der Waals surface area contributed by atoms with Crippen molar-refractivity contribution in [3.8, 4) is 11.4 Å². The van der Waals surface area contributed by atoms with E-state index in [9.17, 15) is 18.0 Å². The lowest BCUT2D eigenvalue weighted by Gasteiger charge is -2.39. The topological polar surface area (TPSA) is 59.8 Å². The lowest BCUT2D eigenvalue weighted by atomic mass is 9.95. The highest BCUT2D eigenvalue weighted by molar-refractivity contribution is 5.95. The van der Waals surface area contributed by atoms with Gasteiger partial charge in [0.2, 0.25) is 0 Å². The minimum Gasteiger partial charge on any atom is -0.493 e. The van der Waals surface area contributed by atoms with Crippen molar-refractivity contribution in [1.29, 1.82) is 0 Å². The molecule has 2 aromatic rings. The monoisotopic (exact) mass is 480 g/mol. The van der Waals surface area contributed by atoms with Crippen LogP contribution in [-0.4, -0.2) is 77.5 Å². The van der Waals surface area contributed by atoms with Crippen molar-refractivity contribution >= 4 is 5.91 Å². The molecule has 3 heterocycles. The molecule has 2 aliphatic heterocycles. The number of halogens is 3. The van der Waals surface area contributed by atoms with E-state index >= 15 is 0 Å². The third kappa shape index (κ3) is 5.55. The van der Waals surface area contributed by atoms with Gasteiger partial charge in [0.15, 0.2) is 11.4 Å². The van der Waals surface area contributed by atoms with E-state index in [-0.39, 0.29) is 35.2 Å². The van der Waals surface area contributed by atoms with Crippen LogP contribution >= 0.6 is 0 Å². The highest BCUT2D eigenvalue weighted by atomic mass is 19.4. The Morgan fingerprint density at radius 1 is 1.18 bits per heavy atom. The van der Waals surface area contributed by atoms with Crippen molar-refractivity contribution in [1.82, 2.24) is 19.6 Å². The minimum atomic E-state index is -4.46. The molecule has 10 heteroatoms. The number of hydrogen-bond donors (Lipinski definition) is 0. The van der Waals surface area contributed by atoms with Crippen LogP contribution in [0.5, 0.6) is 5.75 Å². The molecule has 0 saturated carbocycles. The fraction of sp³-hybridized carbons (Fsp3) is 0.583. The van der Waals surface area contributed by atoms with Crippen LogP contribution in [0.1, 0.15) is 42.7 Å². The molecule has 186 valence electrons. The third-order valence-electron chi connectivity index (χ3n) is 6.45. The van der Waals surface area contributed by atoms with Gasteiger partial charge >= 0.3 is 6.18 Å². The van der Waals surface area contributed by atoms with Crippen molar-refractivity contribution < 1.29 is 27.4 Å². The Bertz CT molecular complexity index is 992. The van der Waals surface area contributed by atoms with Gasteiger partial charge in [-0.05, 0) is 50.8 Å². The second kappa shape index (κ2) is 9.95. The van der Waals surface area contributed by atoms with Crippen LogP contribution in [0.4, 0.5) is 13.2 Å². The van der Waals surface area contributed by atoms with E-state index in [1.807, 2.05) is 0 Å². The molecule has 1 aromatic heterocycles.